The van der Waals surface area contributed by atoms with Crippen LogP contribution in [0.5, 0.6) is 5.19 Å². The first-order valence-electron chi connectivity index (χ1n) is 11.4. The Kier molecular flexibility index (Phi) is 5.75. The fraction of sp³-hybridized carbons (Fsp3) is 0.565. The highest BCUT2D eigenvalue weighted by molar-refractivity contribution is 9.10. The topological polar surface area (TPSA) is 93.9 Å². The van der Waals surface area contributed by atoms with Crippen LogP contribution in [0, 0.1) is 12.3 Å². The molecular weight excluding hydrogens is 520 g/mol. The molecule has 0 aromatic carbocycles. The highest BCUT2D eigenvalue weighted by Gasteiger charge is 2.51. The molecule has 2 aliphatic rings. The second kappa shape index (κ2) is 8.37. The molecule has 3 aromatic heterocycles. The van der Waals surface area contributed by atoms with Crippen molar-refractivity contribution in [1.82, 2.24) is 24.9 Å². The first-order chi connectivity index (χ1) is 16.1. The Labute approximate surface area is 211 Å². The highest BCUT2D eigenvalue weighted by Crippen LogP contribution is 2.55. The van der Waals surface area contributed by atoms with Crippen LogP contribution in [0.2, 0.25) is 0 Å². The number of rotatable bonds is 3. The molecule has 1 N–H and O–H groups in total. The molecule has 5 rings (SSSR count). The van der Waals surface area contributed by atoms with Gasteiger partial charge in [0.1, 0.15) is 15.7 Å². The maximum absolute atomic E-state index is 12.8. The number of methoxy groups -OCH3 is 1. The lowest BCUT2D eigenvalue weighted by Gasteiger charge is -2.43. The lowest BCUT2D eigenvalue weighted by molar-refractivity contribution is 0.0429. The van der Waals surface area contributed by atoms with Crippen LogP contribution in [0.3, 0.4) is 0 Å². The monoisotopic (exact) mass is 548 g/mol. The predicted octanol–water partition coefficient (Wildman–Crippen LogP) is 4.67. The van der Waals surface area contributed by atoms with E-state index in [9.17, 15) is 4.79 Å². The van der Waals surface area contributed by atoms with Crippen molar-refractivity contribution in [2.24, 2.45) is 5.41 Å². The number of aryl methyl sites for hydroxylation is 1. The number of halogens is 1. The molecule has 182 valence electrons. The second-order valence-electron chi connectivity index (χ2n) is 10.0. The lowest BCUT2D eigenvalue weighted by Crippen LogP contribution is -2.48. The molecule has 1 atom stereocenters. The van der Waals surface area contributed by atoms with E-state index >= 15 is 0 Å². The molecule has 0 saturated carbocycles. The van der Waals surface area contributed by atoms with Crippen molar-refractivity contribution in [2.45, 2.75) is 58.6 Å². The normalized spacial score (nSPS) is 19.5. The summed E-state index contributed by atoms with van der Waals surface area (Å²) >= 11 is 5.11. The predicted molar refractivity (Wildman–Crippen MR) is 134 cm³/mol. The molecule has 0 unspecified atom stereocenters. The van der Waals surface area contributed by atoms with E-state index in [1.807, 2.05) is 38.3 Å². The fourth-order valence-corrected chi connectivity index (χ4v) is 6.51. The molecule has 9 nitrogen and oxygen atoms in total. The summed E-state index contributed by atoms with van der Waals surface area (Å²) in [5.41, 5.74) is 2.22. The molecule has 1 aliphatic carbocycles. The Balaban J connectivity index is 1.41. The van der Waals surface area contributed by atoms with E-state index in [1.54, 1.807) is 13.3 Å². The summed E-state index contributed by atoms with van der Waals surface area (Å²) in [5.74, 6) is 0.942. The maximum Gasteiger partial charge on any atom is 0.408 e. The molecule has 1 fully saturated rings. The summed E-state index contributed by atoms with van der Waals surface area (Å²) in [6, 6.07) is 1.84. The Morgan fingerprint density at radius 1 is 1.29 bits per heavy atom. The summed E-state index contributed by atoms with van der Waals surface area (Å²) in [6.07, 6.45) is 4.01. The fourth-order valence-electron chi connectivity index (χ4n) is 5.04. The highest BCUT2D eigenvalue weighted by atomic mass is 79.9. The largest absolute Gasteiger partial charge is 0.473 e. The van der Waals surface area contributed by atoms with Crippen molar-refractivity contribution in [3.8, 4) is 5.19 Å². The Hall–Kier alpha value is -2.40. The van der Waals surface area contributed by atoms with Gasteiger partial charge in [-0.1, -0.05) is 11.3 Å². The van der Waals surface area contributed by atoms with E-state index in [0.717, 1.165) is 64.6 Å². The summed E-state index contributed by atoms with van der Waals surface area (Å²) in [6.45, 7) is 9.26. The minimum absolute atomic E-state index is 0.116. The van der Waals surface area contributed by atoms with Crippen molar-refractivity contribution >= 4 is 44.7 Å². The van der Waals surface area contributed by atoms with Gasteiger partial charge in [-0.25, -0.2) is 19.3 Å². The average Bonchev–Trinajstić information content (AvgIpc) is 3.46. The van der Waals surface area contributed by atoms with Gasteiger partial charge in [0.25, 0.3) is 5.19 Å². The standard InChI is InChI=1S/C23H29BrN6O3S/c1-13-18(24)30-15(6-9-25-30)19(26-13)29-10-7-23(8-11-29)12-14-16(34-21(27-14)32-5)17(23)28-20(31)33-22(2,3)4/h6,9,17H,7-8,10-12H2,1-5H3,(H,28,31)/t17-/m1/s1. The van der Waals surface area contributed by atoms with Crippen LogP contribution in [0.15, 0.2) is 16.9 Å². The number of fused-ring (bicyclic) bond motifs is 2. The quantitative estimate of drug-likeness (QED) is 0.508. The molecule has 0 radical (unpaired) electrons. The van der Waals surface area contributed by atoms with Crippen LogP contribution >= 0.6 is 27.3 Å². The van der Waals surface area contributed by atoms with E-state index in [4.69, 9.17) is 14.5 Å². The number of hydrogen-bond acceptors (Lipinski definition) is 8. The van der Waals surface area contributed by atoms with Crippen molar-refractivity contribution in [1.29, 1.82) is 0 Å². The molecule has 1 saturated heterocycles. The zero-order chi connectivity index (χ0) is 24.3. The number of amides is 1. The molecule has 1 aliphatic heterocycles. The van der Waals surface area contributed by atoms with Crippen molar-refractivity contribution < 1.29 is 14.3 Å². The van der Waals surface area contributed by atoms with Crippen molar-refractivity contribution in [3.63, 3.8) is 0 Å². The Morgan fingerprint density at radius 3 is 2.71 bits per heavy atom. The number of piperidine rings is 1. The molecule has 3 aromatic rings. The van der Waals surface area contributed by atoms with Gasteiger partial charge in [0.05, 0.1) is 35.6 Å². The first kappa shape index (κ1) is 23.3. The number of nitrogens with zero attached hydrogens (tertiary/aromatic N) is 5. The van der Waals surface area contributed by atoms with Gasteiger partial charge in [0, 0.05) is 18.5 Å². The van der Waals surface area contributed by atoms with Gasteiger partial charge in [-0.15, -0.1) is 0 Å². The molecule has 0 bridgehead atoms. The van der Waals surface area contributed by atoms with Crippen LogP contribution < -0.4 is 15.0 Å². The van der Waals surface area contributed by atoms with Crippen LogP contribution in [-0.2, 0) is 11.2 Å². The van der Waals surface area contributed by atoms with Gasteiger partial charge >= 0.3 is 6.09 Å². The van der Waals surface area contributed by atoms with Gasteiger partial charge in [0.15, 0.2) is 5.82 Å². The van der Waals surface area contributed by atoms with Crippen molar-refractivity contribution in [3.05, 3.63) is 33.1 Å². The molecule has 4 heterocycles. The van der Waals surface area contributed by atoms with Gasteiger partial charge < -0.3 is 19.7 Å². The number of nitrogens with one attached hydrogen (secondary N) is 1. The van der Waals surface area contributed by atoms with Gasteiger partial charge in [-0.3, -0.25) is 0 Å². The number of ether oxygens (including phenoxy) is 2. The molecule has 1 spiro atoms. The zero-order valence-electron chi connectivity index (χ0n) is 20.0. The number of carbonyl (C=O) groups is 1. The van der Waals surface area contributed by atoms with Crippen LogP contribution in [-0.4, -0.2) is 51.5 Å². The summed E-state index contributed by atoms with van der Waals surface area (Å²) in [4.78, 5) is 25.7. The lowest BCUT2D eigenvalue weighted by atomic mass is 9.73. The zero-order valence-corrected chi connectivity index (χ0v) is 22.4. The molecular formula is C23H29BrN6O3S. The third-order valence-electron chi connectivity index (χ3n) is 6.63. The van der Waals surface area contributed by atoms with E-state index in [0.29, 0.717) is 5.19 Å². The summed E-state index contributed by atoms with van der Waals surface area (Å²) in [7, 11) is 1.63. The average molecular weight is 549 g/mol. The van der Waals surface area contributed by atoms with E-state index in [-0.39, 0.29) is 11.5 Å². The van der Waals surface area contributed by atoms with Crippen LogP contribution in [0.25, 0.3) is 5.52 Å². The third-order valence-corrected chi connectivity index (χ3v) is 8.66. The Bertz CT molecular complexity index is 1240. The van der Waals surface area contributed by atoms with Crippen LogP contribution in [0.4, 0.5) is 10.6 Å². The van der Waals surface area contributed by atoms with E-state index in [2.05, 4.69) is 36.2 Å². The second-order valence-corrected chi connectivity index (χ2v) is 11.8. The van der Waals surface area contributed by atoms with E-state index < -0.39 is 11.7 Å². The number of alkyl carbamates (subject to hydrolysis) is 1. The first-order valence-corrected chi connectivity index (χ1v) is 13.0. The van der Waals surface area contributed by atoms with Crippen LogP contribution in [0.1, 0.15) is 55.9 Å². The van der Waals surface area contributed by atoms with E-state index in [1.165, 1.54) is 11.3 Å². The molecule has 11 heteroatoms. The molecule has 34 heavy (non-hydrogen) atoms. The minimum atomic E-state index is -0.560. The Morgan fingerprint density at radius 2 is 2.03 bits per heavy atom. The summed E-state index contributed by atoms with van der Waals surface area (Å²) < 4.78 is 13.7. The van der Waals surface area contributed by atoms with Crippen molar-refractivity contribution in [2.75, 3.05) is 25.1 Å². The number of thiazole rings is 1. The molecule has 1 amide bonds. The van der Waals surface area contributed by atoms with Gasteiger partial charge in [0.2, 0.25) is 0 Å². The number of carbonyl (C=O) groups excluding carboxylic acids is 1. The summed E-state index contributed by atoms with van der Waals surface area (Å²) in [5, 5.41) is 8.25. The number of aromatic nitrogens is 4. The smallest absolute Gasteiger partial charge is 0.408 e. The minimum Gasteiger partial charge on any atom is -0.473 e. The number of hydrogen-bond donors (Lipinski definition) is 1. The van der Waals surface area contributed by atoms with Gasteiger partial charge in [-0.05, 0) is 69.0 Å². The maximum atomic E-state index is 12.8. The van der Waals surface area contributed by atoms with Gasteiger partial charge in [-0.2, -0.15) is 5.10 Å². The SMILES string of the molecule is COc1nc2c(s1)[C@@H](NC(=O)OC(C)(C)C)C1(CCN(c3nc(C)c(Br)n4nccc34)CC1)C2. The third kappa shape index (κ3) is 4.02. The number of anilines is 1.